The van der Waals surface area contributed by atoms with E-state index in [1.54, 1.807) is 43.3 Å². The number of hydrogen-bond acceptors (Lipinski definition) is 0. The molecule has 0 aliphatic heterocycles. The Morgan fingerprint density at radius 3 is 1.55 bits per heavy atom. The van der Waals surface area contributed by atoms with E-state index in [9.17, 15) is 30.7 Å². The lowest BCUT2D eigenvalue weighted by Crippen LogP contribution is -2.01. The minimum Gasteiger partial charge on any atom is -0.209 e. The highest BCUT2D eigenvalue weighted by atomic mass is 19.2. The third-order valence-corrected chi connectivity index (χ3v) is 6.26. The zero-order chi connectivity index (χ0) is 27.4. The van der Waals surface area contributed by atoms with E-state index in [0.717, 1.165) is 41.0 Å². The van der Waals surface area contributed by atoms with E-state index in [4.69, 9.17) is 0 Å². The largest absolute Gasteiger partial charge is 0.209 e. The van der Waals surface area contributed by atoms with Crippen molar-refractivity contribution in [2.75, 3.05) is 0 Å². The Hall–Kier alpha value is -3.87. The first kappa shape index (κ1) is 27.2. The molecule has 0 nitrogen and oxygen atoms in total. The van der Waals surface area contributed by atoms with Crippen LogP contribution >= 0.6 is 0 Å². The summed E-state index contributed by atoms with van der Waals surface area (Å²) in [7, 11) is 0. The minimum atomic E-state index is -1.52. The molecular formula is C31H23F7. The van der Waals surface area contributed by atoms with E-state index in [1.165, 1.54) is 0 Å². The fourth-order valence-electron chi connectivity index (χ4n) is 4.16. The maximum absolute atomic E-state index is 14.5. The molecule has 0 saturated carbocycles. The molecule has 0 aliphatic rings. The van der Waals surface area contributed by atoms with Gasteiger partial charge in [-0.3, -0.25) is 0 Å². The molecule has 0 amide bonds. The Bertz CT molecular complexity index is 1420. The lowest BCUT2D eigenvalue weighted by atomic mass is 9.97. The second-order valence-corrected chi connectivity index (χ2v) is 8.92. The van der Waals surface area contributed by atoms with E-state index in [1.807, 2.05) is 12.1 Å². The molecule has 0 aliphatic carbocycles. The first-order valence-corrected chi connectivity index (χ1v) is 12.0. The molecule has 4 rings (SSSR count). The molecule has 0 spiro atoms. The van der Waals surface area contributed by atoms with Crippen molar-refractivity contribution in [1.82, 2.24) is 0 Å². The molecule has 196 valence electrons. The molecule has 38 heavy (non-hydrogen) atoms. The van der Waals surface area contributed by atoms with Crippen LogP contribution in [0.5, 0.6) is 0 Å². The number of allylic oxidation sites excluding steroid dienone is 1. The van der Waals surface area contributed by atoms with Gasteiger partial charge >= 0.3 is 0 Å². The summed E-state index contributed by atoms with van der Waals surface area (Å²) in [4.78, 5) is 0. The molecule has 4 aromatic rings. The van der Waals surface area contributed by atoms with Gasteiger partial charge in [-0.15, -0.1) is 0 Å². The third kappa shape index (κ3) is 5.98. The van der Waals surface area contributed by atoms with Crippen LogP contribution in [0.2, 0.25) is 0 Å². The molecule has 0 bridgehead atoms. The summed E-state index contributed by atoms with van der Waals surface area (Å²) in [5, 5.41) is 0. The lowest BCUT2D eigenvalue weighted by molar-refractivity contribution is 0.448. The van der Waals surface area contributed by atoms with E-state index in [-0.39, 0.29) is 24.0 Å². The van der Waals surface area contributed by atoms with Crippen molar-refractivity contribution in [2.45, 2.75) is 32.6 Å². The van der Waals surface area contributed by atoms with E-state index < -0.39 is 46.3 Å². The molecule has 0 N–H and O–H groups in total. The molecule has 4 aromatic carbocycles. The number of hydrogen-bond donors (Lipinski definition) is 0. The van der Waals surface area contributed by atoms with E-state index in [0.29, 0.717) is 18.4 Å². The Labute approximate surface area is 216 Å². The molecular weight excluding hydrogens is 505 g/mol. The van der Waals surface area contributed by atoms with Crippen LogP contribution < -0.4 is 0 Å². The maximum atomic E-state index is 14.5. The Balaban J connectivity index is 1.45. The normalized spacial score (nSPS) is 12.0. The van der Waals surface area contributed by atoms with Gasteiger partial charge in [0.1, 0.15) is 17.5 Å². The smallest absolute Gasteiger partial charge is 0.194 e. The van der Waals surface area contributed by atoms with Crippen molar-refractivity contribution in [1.29, 1.82) is 0 Å². The summed E-state index contributed by atoms with van der Waals surface area (Å²) in [5.41, 5.74) is 2.54. The van der Waals surface area contributed by atoms with Gasteiger partial charge in [0.05, 0.1) is 0 Å². The minimum absolute atomic E-state index is 0.0273. The van der Waals surface area contributed by atoms with Crippen molar-refractivity contribution in [2.24, 2.45) is 0 Å². The fourth-order valence-corrected chi connectivity index (χ4v) is 4.16. The summed E-state index contributed by atoms with van der Waals surface area (Å²) in [5.74, 6) is -8.20. The van der Waals surface area contributed by atoms with Crippen LogP contribution in [0, 0.1) is 29.1 Å². The SMILES string of the molecule is CCC/C(F)=C(\F)c1cc(F)c(CCc2ccc(-c3ccc(-c4cc(F)c(F)c(F)c4)cc3)cc2)c(F)c1. The molecule has 7 heteroatoms. The molecule has 0 saturated heterocycles. The number of rotatable bonds is 8. The van der Waals surface area contributed by atoms with Gasteiger partial charge < -0.3 is 0 Å². The third-order valence-electron chi connectivity index (χ3n) is 6.26. The highest BCUT2D eigenvalue weighted by molar-refractivity contribution is 5.70. The quantitative estimate of drug-likeness (QED) is 0.158. The maximum Gasteiger partial charge on any atom is 0.194 e. The van der Waals surface area contributed by atoms with Crippen molar-refractivity contribution in [3.63, 3.8) is 0 Å². The number of benzene rings is 4. The van der Waals surface area contributed by atoms with E-state index in [2.05, 4.69) is 0 Å². The molecule has 0 unspecified atom stereocenters. The van der Waals surface area contributed by atoms with Crippen LogP contribution in [0.25, 0.3) is 28.1 Å². The highest BCUT2D eigenvalue weighted by Crippen LogP contribution is 2.29. The molecule has 0 atom stereocenters. The summed E-state index contributed by atoms with van der Waals surface area (Å²) < 4.78 is 97.2. The summed E-state index contributed by atoms with van der Waals surface area (Å²) in [6.07, 6.45) is 0.562. The first-order valence-electron chi connectivity index (χ1n) is 12.0. The fraction of sp³-hybridized carbons (Fsp3) is 0.161. The van der Waals surface area contributed by atoms with Gasteiger partial charge in [0.25, 0.3) is 0 Å². The second-order valence-electron chi connectivity index (χ2n) is 8.92. The van der Waals surface area contributed by atoms with Gasteiger partial charge in [0.15, 0.2) is 23.3 Å². The average Bonchev–Trinajstić information content (AvgIpc) is 2.91. The standard InChI is InChI=1S/C31H23F7/c1-2-3-25(32)30(37)23-16-26(33)24(27(34)17-23)13-6-18-4-7-19(8-5-18)20-9-11-21(12-10-20)22-14-28(35)31(38)29(36)15-22/h4-5,7-12,14-17H,2-3,6,13H2,1H3/b30-25+. The summed E-state index contributed by atoms with van der Waals surface area (Å²) >= 11 is 0. The summed E-state index contributed by atoms with van der Waals surface area (Å²) in [6.45, 7) is 1.67. The zero-order valence-corrected chi connectivity index (χ0v) is 20.4. The van der Waals surface area contributed by atoms with Crippen LogP contribution in [0.3, 0.4) is 0 Å². The van der Waals surface area contributed by atoms with Crippen LogP contribution in [0.4, 0.5) is 30.7 Å². The predicted octanol–water partition coefficient (Wildman–Crippen LogP) is 9.91. The van der Waals surface area contributed by atoms with Gasteiger partial charge in [0, 0.05) is 17.5 Å². The average molecular weight is 529 g/mol. The van der Waals surface area contributed by atoms with Crippen LogP contribution in [0.15, 0.2) is 78.6 Å². The van der Waals surface area contributed by atoms with Crippen molar-refractivity contribution < 1.29 is 30.7 Å². The zero-order valence-electron chi connectivity index (χ0n) is 20.4. The van der Waals surface area contributed by atoms with Crippen LogP contribution in [0.1, 0.15) is 36.5 Å². The Kier molecular flexibility index (Phi) is 8.35. The van der Waals surface area contributed by atoms with Gasteiger partial charge in [0.2, 0.25) is 0 Å². The van der Waals surface area contributed by atoms with Gasteiger partial charge in [-0.2, -0.15) is 0 Å². The highest BCUT2D eigenvalue weighted by Gasteiger charge is 2.16. The lowest BCUT2D eigenvalue weighted by Gasteiger charge is -2.09. The van der Waals surface area contributed by atoms with Gasteiger partial charge in [-0.05, 0) is 71.3 Å². The van der Waals surface area contributed by atoms with Crippen molar-refractivity contribution >= 4 is 5.83 Å². The molecule has 0 fully saturated rings. The number of halogens is 7. The molecule has 0 aromatic heterocycles. The van der Waals surface area contributed by atoms with Crippen LogP contribution in [-0.4, -0.2) is 0 Å². The topological polar surface area (TPSA) is 0 Å². The predicted molar refractivity (Wildman–Crippen MR) is 135 cm³/mol. The molecule has 0 heterocycles. The summed E-state index contributed by atoms with van der Waals surface area (Å²) in [6, 6.07) is 17.6. The van der Waals surface area contributed by atoms with Gasteiger partial charge in [-0.1, -0.05) is 55.5 Å². The molecule has 0 radical (unpaired) electrons. The number of aryl methyl sites for hydroxylation is 1. The van der Waals surface area contributed by atoms with E-state index >= 15 is 0 Å². The Morgan fingerprint density at radius 2 is 1.05 bits per heavy atom. The van der Waals surface area contributed by atoms with Crippen molar-refractivity contribution in [3.8, 4) is 22.3 Å². The van der Waals surface area contributed by atoms with Gasteiger partial charge in [-0.25, -0.2) is 30.7 Å². The Morgan fingerprint density at radius 1 is 0.579 bits per heavy atom. The monoisotopic (exact) mass is 528 g/mol. The second kappa shape index (κ2) is 11.7. The first-order chi connectivity index (χ1) is 18.2. The van der Waals surface area contributed by atoms with Crippen molar-refractivity contribution in [3.05, 3.63) is 124 Å². The van der Waals surface area contributed by atoms with Crippen LogP contribution in [-0.2, 0) is 12.8 Å².